The smallest absolute Gasteiger partial charge is 0.364 e. The second-order valence-electron chi connectivity index (χ2n) is 3.91. The number of benzene rings is 1. The van der Waals surface area contributed by atoms with Crippen molar-refractivity contribution in [1.82, 2.24) is 0 Å². The number of ether oxygens (including phenoxy) is 1. The fourth-order valence-corrected chi connectivity index (χ4v) is 1.48. The quantitative estimate of drug-likeness (QED) is 0.763. The van der Waals surface area contributed by atoms with E-state index in [9.17, 15) is 18.0 Å². The van der Waals surface area contributed by atoms with Gasteiger partial charge in [-0.3, -0.25) is 4.79 Å². The van der Waals surface area contributed by atoms with E-state index in [2.05, 4.69) is 4.74 Å². The van der Waals surface area contributed by atoms with E-state index in [0.29, 0.717) is 5.56 Å². The molecule has 0 aromatic heterocycles. The molecule has 17 heavy (non-hydrogen) atoms. The van der Waals surface area contributed by atoms with Gasteiger partial charge in [0.25, 0.3) is 0 Å². The zero-order valence-electron chi connectivity index (χ0n) is 9.60. The maximum Gasteiger partial charge on any atom is 0.411 e. The second kappa shape index (κ2) is 5.31. The molecule has 0 unspecified atom stereocenters. The zero-order chi connectivity index (χ0) is 13.1. The van der Waals surface area contributed by atoms with Crippen molar-refractivity contribution in [2.24, 2.45) is 0 Å². The highest BCUT2D eigenvalue weighted by molar-refractivity contribution is 5.97. The van der Waals surface area contributed by atoms with Crippen LogP contribution in [0.4, 0.5) is 13.2 Å². The number of halogens is 3. The number of hydrogen-bond donors (Lipinski definition) is 0. The summed E-state index contributed by atoms with van der Waals surface area (Å²) in [6.45, 7) is 1.69. The predicted octanol–water partition coefficient (Wildman–Crippen LogP) is 3.07. The van der Waals surface area contributed by atoms with Crippen molar-refractivity contribution in [2.45, 2.75) is 20.0 Å². The lowest BCUT2D eigenvalue weighted by Gasteiger charge is -2.08. The standard InChI is InChI=1S/C12H13F3O2/c1-8-3-9(2)5-10(4-8)11(16)6-17-7-12(13,14)15/h3-5H,6-7H2,1-2H3. The summed E-state index contributed by atoms with van der Waals surface area (Å²) in [6, 6.07) is 5.14. The lowest BCUT2D eigenvalue weighted by Crippen LogP contribution is -2.20. The third-order valence-corrected chi connectivity index (χ3v) is 2.04. The summed E-state index contributed by atoms with van der Waals surface area (Å²) in [5.74, 6) is -0.443. The fourth-order valence-electron chi connectivity index (χ4n) is 1.48. The summed E-state index contributed by atoms with van der Waals surface area (Å²) in [6.07, 6.45) is -4.40. The topological polar surface area (TPSA) is 26.3 Å². The molecule has 0 aliphatic carbocycles. The van der Waals surface area contributed by atoms with Crippen molar-refractivity contribution < 1.29 is 22.7 Å². The third kappa shape index (κ3) is 4.99. The second-order valence-corrected chi connectivity index (χ2v) is 3.91. The first kappa shape index (κ1) is 13.7. The van der Waals surface area contributed by atoms with Crippen molar-refractivity contribution in [3.63, 3.8) is 0 Å². The highest BCUT2D eigenvalue weighted by atomic mass is 19.4. The van der Waals surface area contributed by atoms with Crippen molar-refractivity contribution in [1.29, 1.82) is 0 Å². The molecule has 0 aliphatic rings. The van der Waals surface area contributed by atoms with E-state index < -0.39 is 25.2 Å². The Hall–Kier alpha value is -1.36. The number of ketones is 1. The van der Waals surface area contributed by atoms with Crippen LogP contribution in [0, 0.1) is 13.8 Å². The van der Waals surface area contributed by atoms with Gasteiger partial charge in [0.15, 0.2) is 5.78 Å². The molecule has 0 heterocycles. The van der Waals surface area contributed by atoms with Gasteiger partial charge in [-0.05, 0) is 26.0 Å². The highest BCUT2D eigenvalue weighted by Gasteiger charge is 2.27. The molecule has 0 spiro atoms. The first-order chi connectivity index (χ1) is 7.78. The molecule has 0 fully saturated rings. The van der Waals surface area contributed by atoms with Gasteiger partial charge in [-0.25, -0.2) is 0 Å². The number of rotatable bonds is 4. The molecule has 1 rings (SSSR count). The number of hydrogen-bond acceptors (Lipinski definition) is 2. The van der Waals surface area contributed by atoms with Crippen LogP contribution in [-0.2, 0) is 4.74 Å². The molecule has 0 saturated heterocycles. The average Bonchev–Trinajstić information content (AvgIpc) is 2.13. The zero-order valence-corrected chi connectivity index (χ0v) is 9.60. The van der Waals surface area contributed by atoms with Gasteiger partial charge in [0.05, 0.1) is 0 Å². The minimum Gasteiger partial charge on any atom is -0.364 e. The van der Waals surface area contributed by atoms with Crippen LogP contribution in [0.2, 0.25) is 0 Å². The Bertz CT molecular complexity index is 390. The minimum atomic E-state index is -4.40. The molecule has 2 nitrogen and oxygen atoms in total. The summed E-state index contributed by atoms with van der Waals surface area (Å²) in [4.78, 5) is 11.5. The van der Waals surface area contributed by atoms with E-state index in [0.717, 1.165) is 11.1 Å². The van der Waals surface area contributed by atoms with Crippen LogP contribution >= 0.6 is 0 Å². The van der Waals surface area contributed by atoms with Gasteiger partial charge in [0, 0.05) is 5.56 Å². The van der Waals surface area contributed by atoms with E-state index in [1.807, 2.05) is 19.9 Å². The molecule has 0 atom stereocenters. The Morgan fingerprint density at radius 1 is 1.18 bits per heavy atom. The molecule has 0 radical (unpaired) electrons. The van der Waals surface area contributed by atoms with Gasteiger partial charge in [-0.2, -0.15) is 13.2 Å². The summed E-state index contributed by atoms with van der Waals surface area (Å²) in [5, 5.41) is 0. The van der Waals surface area contributed by atoms with E-state index >= 15 is 0 Å². The molecule has 0 aliphatic heterocycles. The molecule has 0 saturated carbocycles. The van der Waals surface area contributed by atoms with Gasteiger partial charge in [-0.1, -0.05) is 17.2 Å². The van der Waals surface area contributed by atoms with Gasteiger partial charge in [0.1, 0.15) is 13.2 Å². The Morgan fingerprint density at radius 2 is 1.71 bits per heavy atom. The normalized spacial score (nSPS) is 11.6. The lowest BCUT2D eigenvalue weighted by molar-refractivity contribution is -0.170. The van der Waals surface area contributed by atoms with E-state index in [4.69, 9.17) is 0 Å². The van der Waals surface area contributed by atoms with Crippen molar-refractivity contribution in [2.75, 3.05) is 13.2 Å². The summed E-state index contributed by atoms with van der Waals surface area (Å²) < 4.78 is 39.7. The minimum absolute atomic E-state index is 0.379. The average molecular weight is 246 g/mol. The maximum atomic E-state index is 11.8. The van der Waals surface area contributed by atoms with Crippen molar-refractivity contribution >= 4 is 5.78 Å². The number of alkyl halides is 3. The van der Waals surface area contributed by atoms with Gasteiger partial charge in [0.2, 0.25) is 0 Å². The molecular formula is C12H13F3O2. The van der Waals surface area contributed by atoms with Crippen LogP contribution in [0.15, 0.2) is 18.2 Å². The van der Waals surface area contributed by atoms with E-state index in [-0.39, 0.29) is 0 Å². The maximum absolute atomic E-state index is 11.8. The number of carbonyl (C=O) groups excluding carboxylic acids is 1. The predicted molar refractivity (Wildman–Crippen MR) is 57.1 cm³/mol. The Morgan fingerprint density at radius 3 is 2.18 bits per heavy atom. The van der Waals surface area contributed by atoms with E-state index in [1.165, 1.54) is 0 Å². The molecule has 1 aromatic carbocycles. The Balaban J connectivity index is 2.58. The molecule has 0 bridgehead atoms. The van der Waals surface area contributed by atoms with Crippen molar-refractivity contribution in [3.05, 3.63) is 34.9 Å². The first-order valence-corrected chi connectivity index (χ1v) is 5.04. The SMILES string of the molecule is Cc1cc(C)cc(C(=O)COCC(F)(F)F)c1. The van der Waals surface area contributed by atoms with Crippen LogP contribution < -0.4 is 0 Å². The van der Waals surface area contributed by atoms with Crippen LogP contribution in [-0.4, -0.2) is 25.2 Å². The third-order valence-electron chi connectivity index (χ3n) is 2.04. The highest BCUT2D eigenvalue weighted by Crippen LogP contribution is 2.15. The first-order valence-electron chi connectivity index (χ1n) is 5.04. The van der Waals surface area contributed by atoms with Crippen LogP contribution in [0.1, 0.15) is 21.5 Å². The Kier molecular flexibility index (Phi) is 4.28. The molecule has 0 N–H and O–H groups in total. The summed E-state index contributed by atoms with van der Waals surface area (Å²) >= 11 is 0. The van der Waals surface area contributed by atoms with Crippen LogP contribution in [0.25, 0.3) is 0 Å². The number of aryl methyl sites for hydroxylation is 2. The monoisotopic (exact) mass is 246 g/mol. The number of Topliss-reactive ketones (excluding diaryl/α,β-unsaturated/α-hetero) is 1. The summed E-state index contributed by atoms with van der Waals surface area (Å²) in [7, 11) is 0. The summed E-state index contributed by atoms with van der Waals surface area (Å²) in [5.41, 5.74) is 2.16. The fraction of sp³-hybridized carbons (Fsp3) is 0.417. The molecule has 94 valence electrons. The van der Waals surface area contributed by atoms with Gasteiger partial charge < -0.3 is 4.74 Å². The van der Waals surface area contributed by atoms with Crippen LogP contribution in [0.3, 0.4) is 0 Å². The van der Waals surface area contributed by atoms with Crippen LogP contribution in [0.5, 0.6) is 0 Å². The molecule has 5 heteroatoms. The lowest BCUT2D eigenvalue weighted by atomic mass is 10.0. The molecule has 1 aromatic rings. The largest absolute Gasteiger partial charge is 0.411 e. The van der Waals surface area contributed by atoms with Gasteiger partial charge >= 0.3 is 6.18 Å². The van der Waals surface area contributed by atoms with Crippen molar-refractivity contribution in [3.8, 4) is 0 Å². The van der Waals surface area contributed by atoms with E-state index in [1.54, 1.807) is 12.1 Å². The van der Waals surface area contributed by atoms with Gasteiger partial charge in [-0.15, -0.1) is 0 Å². The molecule has 0 amide bonds. The Labute approximate surface area is 97.4 Å². The number of carbonyl (C=O) groups is 1. The molecular weight excluding hydrogens is 233 g/mol.